The van der Waals surface area contributed by atoms with Gasteiger partial charge in [0.1, 0.15) is 6.04 Å². The molecule has 0 unspecified atom stereocenters. The van der Waals surface area contributed by atoms with Crippen LogP contribution < -0.4 is 10.8 Å². The number of hydrogen-bond acceptors (Lipinski definition) is 4. The van der Waals surface area contributed by atoms with Crippen molar-refractivity contribution < 1.29 is 14.4 Å². The van der Waals surface area contributed by atoms with Crippen molar-refractivity contribution in [3.8, 4) is 0 Å². The lowest BCUT2D eigenvalue weighted by atomic mass is 10.1. The molecule has 1 aromatic heterocycles. The van der Waals surface area contributed by atoms with Crippen LogP contribution in [0.25, 0.3) is 10.9 Å². The van der Waals surface area contributed by atoms with Crippen molar-refractivity contribution in [1.82, 2.24) is 20.6 Å². The van der Waals surface area contributed by atoms with Crippen LogP contribution in [0.2, 0.25) is 0 Å². The summed E-state index contributed by atoms with van der Waals surface area (Å²) in [6, 6.07) is 14.9. The molecule has 3 aromatic rings. The number of aryl methyl sites for hydroxylation is 1. The maximum Gasteiger partial charge on any atom is 0.265 e. The van der Waals surface area contributed by atoms with Crippen molar-refractivity contribution in [3.05, 3.63) is 65.4 Å². The fourth-order valence-corrected chi connectivity index (χ4v) is 4.23. The third-order valence-corrected chi connectivity index (χ3v) is 6.05. The van der Waals surface area contributed by atoms with Gasteiger partial charge < -0.3 is 5.32 Å². The monoisotopic (exact) mass is 434 g/mol. The summed E-state index contributed by atoms with van der Waals surface area (Å²) < 4.78 is 2.10. The van der Waals surface area contributed by atoms with E-state index in [1.54, 1.807) is 13.0 Å². The zero-order valence-corrected chi connectivity index (χ0v) is 18.6. The predicted octanol–water partition coefficient (Wildman–Crippen LogP) is 4.08. The van der Waals surface area contributed by atoms with Gasteiger partial charge in [0.05, 0.1) is 23.9 Å². The van der Waals surface area contributed by atoms with E-state index in [9.17, 15) is 9.59 Å². The molecule has 1 atom stereocenters. The summed E-state index contributed by atoms with van der Waals surface area (Å²) in [6.45, 7) is 3.99. The molecule has 4 rings (SSSR count). The second kappa shape index (κ2) is 9.96. The molecule has 0 bridgehead atoms. The molecule has 2 aromatic carbocycles. The van der Waals surface area contributed by atoms with E-state index in [2.05, 4.69) is 22.4 Å². The molecule has 1 aliphatic rings. The predicted molar refractivity (Wildman–Crippen MR) is 123 cm³/mol. The Balaban J connectivity index is 1.41. The van der Waals surface area contributed by atoms with Crippen molar-refractivity contribution in [1.29, 1.82) is 0 Å². The Morgan fingerprint density at radius 1 is 1.16 bits per heavy atom. The topological polar surface area (TPSA) is 85.2 Å². The number of fused-ring (bicyclic) bond motifs is 1. The van der Waals surface area contributed by atoms with Gasteiger partial charge in [0.2, 0.25) is 0 Å². The van der Waals surface area contributed by atoms with Crippen LogP contribution in [0.4, 0.5) is 0 Å². The number of benzene rings is 2. The first-order chi connectivity index (χ1) is 15.6. The van der Waals surface area contributed by atoms with Crippen LogP contribution in [-0.2, 0) is 22.7 Å². The van der Waals surface area contributed by atoms with Crippen molar-refractivity contribution in [2.24, 2.45) is 0 Å². The molecule has 32 heavy (non-hydrogen) atoms. The van der Waals surface area contributed by atoms with Gasteiger partial charge in [0.15, 0.2) is 0 Å². The summed E-state index contributed by atoms with van der Waals surface area (Å²) in [7, 11) is 0. The fraction of sp³-hybridized carbons (Fsp3) is 0.400. The third kappa shape index (κ3) is 4.83. The molecule has 1 fully saturated rings. The Morgan fingerprint density at radius 3 is 2.62 bits per heavy atom. The van der Waals surface area contributed by atoms with Crippen LogP contribution in [0.3, 0.4) is 0 Å². The number of aromatic nitrogens is 2. The zero-order chi connectivity index (χ0) is 22.5. The quantitative estimate of drug-likeness (QED) is 0.523. The first-order valence-electron chi connectivity index (χ1n) is 11.3. The van der Waals surface area contributed by atoms with Crippen LogP contribution in [0.5, 0.6) is 0 Å². The highest BCUT2D eigenvalue weighted by molar-refractivity contribution is 6.00. The summed E-state index contributed by atoms with van der Waals surface area (Å²) >= 11 is 0. The van der Waals surface area contributed by atoms with Crippen LogP contribution in [0, 0.1) is 0 Å². The molecule has 7 heteroatoms. The first-order valence-corrected chi connectivity index (χ1v) is 11.3. The molecule has 2 N–H and O–H groups in total. The van der Waals surface area contributed by atoms with Crippen molar-refractivity contribution in [2.75, 3.05) is 0 Å². The van der Waals surface area contributed by atoms with E-state index in [0.29, 0.717) is 11.6 Å². The maximum absolute atomic E-state index is 12.8. The number of hydrogen-bond donors (Lipinski definition) is 2. The average molecular weight is 435 g/mol. The Morgan fingerprint density at radius 2 is 1.91 bits per heavy atom. The van der Waals surface area contributed by atoms with Gasteiger partial charge in [-0.1, -0.05) is 56.2 Å². The second-order valence-electron chi connectivity index (χ2n) is 8.35. The number of carbonyl (C=O) groups is 2. The zero-order valence-electron chi connectivity index (χ0n) is 18.6. The van der Waals surface area contributed by atoms with Gasteiger partial charge in [-0.25, -0.2) is 5.48 Å². The van der Waals surface area contributed by atoms with Crippen LogP contribution in [0.1, 0.15) is 67.2 Å². The fourth-order valence-electron chi connectivity index (χ4n) is 4.23. The minimum atomic E-state index is -0.736. The number of carbonyl (C=O) groups excluding carboxylic acids is 2. The molecule has 7 nitrogen and oxygen atoms in total. The number of rotatable bonds is 8. The smallest absolute Gasteiger partial charge is 0.265 e. The van der Waals surface area contributed by atoms with Gasteiger partial charge in [-0.3, -0.25) is 19.1 Å². The Labute approximate surface area is 188 Å². The number of nitrogens with one attached hydrogen (secondary N) is 2. The maximum atomic E-state index is 12.8. The van der Waals surface area contributed by atoms with Gasteiger partial charge in [-0.05, 0) is 43.9 Å². The van der Waals surface area contributed by atoms with Crippen LogP contribution in [-0.4, -0.2) is 27.6 Å². The molecule has 0 saturated heterocycles. The van der Waals surface area contributed by atoms with Crippen molar-refractivity contribution in [3.63, 3.8) is 0 Å². The highest BCUT2D eigenvalue weighted by Gasteiger charge is 2.23. The normalized spacial score (nSPS) is 15.1. The summed E-state index contributed by atoms with van der Waals surface area (Å²) in [5.74, 6) is -0.700. The molecule has 0 radical (unpaired) electrons. The molecular formula is C25H30N4O3. The molecule has 0 spiro atoms. The standard InChI is InChI=1S/C25H30N4O3/c1-3-22-21-14-13-19(15-23(21)29(27-22)20-11-7-8-12-20)25(31)26-17(2)24(30)28-32-16-18-9-5-4-6-10-18/h4-6,9-10,13-15,17,20H,3,7-8,11-12,16H2,1-2H3,(H,26,31)(H,28,30)/t17-/m1/s1. The number of nitrogens with zero attached hydrogens (tertiary/aromatic N) is 2. The molecule has 1 heterocycles. The van der Waals surface area contributed by atoms with Gasteiger partial charge in [-0.15, -0.1) is 0 Å². The van der Waals surface area contributed by atoms with E-state index in [-0.39, 0.29) is 12.5 Å². The van der Waals surface area contributed by atoms with E-state index < -0.39 is 11.9 Å². The van der Waals surface area contributed by atoms with E-state index in [0.717, 1.165) is 41.4 Å². The average Bonchev–Trinajstić information content (AvgIpc) is 3.47. The minimum Gasteiger partial charge on any atom is -0.340 e. The summed E-state index contributed by atoms with van der Waals surface area (Å²) in [4.78, 5) is 30.4. The second-order valence-corrected chi connectivity index (χ2v) is 8.35. The lowest BCUT2D eigenvalue weighted by Gasteiger charge is -2.15. The molecule has 1 aliphatic carbocycles. The Hall–Kier alpha value is -3.19. The third-order valence-electron chi connectivity index (χ3n) is 6.05. The molecule has 2 amide bonds. The Kier molecular flexibility index (Phi) is 6.85. The van der Waals surface area contributed by atoms with Crippen molar-refractivity contribution in [2.45, 2.75) is 64.6 Å². The van der Waals surface area contributed by atoms with E-state index in [4.69, 9.17) is 9.94 Å². The lowest BCUT2D eigenvalue weighted by Crippen LogP contribution is -2.44. The van der Waals surface area contributed by atoms with Crippen LogP contribution >= 0.6 is 0 Å². The SMILES string of the molecule is CCc1nn(C2CCCC2)c2cc(C(=O)N[C@H](C)C(=O)NOCc3ccccc3)ccc12. The molecule has 1 saturated carbocycles. The highest BCUT2D eigenvalue weighted by atomic mass is 16.6. The van der Waals surface area contributed by atoms with Crippen molar-refractivity contribution >= 4 is 22.7 Å². The summed E-state index contributed by atoms with van der Waals surface area (Å²) in [5, 5.41) is 8.69. The van der Waals surface area contributed by atoms with Gasteiger partial charge in [-0.2, -0.15) is 5.10 Å². The summed E-state index contributed by atoms with van der Waals surface area (Å²) in [6.07, 6.45) is 5.52. The molecule has 0 aliphatic heterocycles. The van der Waals surface area contributed by atoms with E-state index in [1.807, 2.05) is 42.5 Å². The molecular weight excluding hydrogens is 404 g/mol. The van der Waals surface area contributed by atoms with E-state index >= 15 is 0 Å². The van der Waals surface area contributed by atoms with Gasteiger partial charge in [0.25, 0.3) is 11.8 Å². The largest absolute Gasteiger partial charge is 0.340 e. The molecule has 168 valence electrons. The number of amides is 2. The van der Waals surface area contributed by atoms with Crippen LogP contribution in [0.15, 0.2) is 48.5 Å². The highest BCUT2D eigenvalue weighted by Crippen LogP contribution is 2.33. The first kappa shape index (κ1) is 22.0. The van der Waals surface area contributed by atoms with E-state index in [1.165, 1.54) is 12.8 Å². The Bertz CT molecular complexity index is 1090. The minimum absolute atomic E-state index is 0.259. The lowest BCUT2D eigenvalue weighted by molar-refractivity contribution is -0.136. The van der Waals surface area contributed by atoms with Gasteiger partial charge in [0, 0.05) is 10.9 Å². The number of hydroxylamine groups is 1. The summed E-state index contributed by atoms with van der Waals surface area (Å²) in [5.41, 5.74) is 5.92. The van der Waals surface area contributed by atoms with Gasteiger partial charge >= 0.3 is 0 Å².